The summed E-state index contributed by atoms with van der Waals surface area (Å²) in [5.41, 5.74) is 3.25. The largest absolute Gasteiger partial charge is 0.323 e. The van der Waals surface area contributed by atoms with Crippen molar-refractivity contribution < 1.29 is 0 Å². The lowest BCUT2D eigenvalue weighted by molar-refractivity contribution is 0.904. The monoisotopic (exact) mass is 397 g/mol. The molecule has 0 spiro atoms. The summed E-state index contributed by atoms with van der Waals surface area (Å²) >= 11 is 12.0. The van der Waals surface area contributed by atoms with Crippen molar-refractivity contribution in [1.82, 2.24) is 35.0 Å². The van der Waals surface area contributed by atoms with Crippen LogP contribution in [0.1, 0.15) is 0 Å². The maximum atomic E-state index is 12.5. The quantitative estimate of drug-likeness (QED) is 0.475. The number of benzene rings is 2. The SMILES string of the molecule is O=c1cc(-c2ccc3[nH]nnc3c2)[nH]c2nc(-c3ccc(Cl)c(Cl)c3)nn12. The van der Waals surface area contributed by atoms with Crippen molar-refractivity contribution in [1.29, 1.82) is 0 Å². The second kappa shape index (κ2) is 5.90. The standard InChI is InChI=1S/C17H9Cl2N7O/c18-10-3-1-9(5-11(10)19)16-21-17-20-13(7-15(27)26(17)24-16)8-2-4-12-14(6-8)23-25-22-12/h1-7H,(H,20,21,24)(H,22,23,25). The van der Waals surface area contributed by atoms with Gasteiger partial charge in [-0.2, -0.15) is 9.50 Å². The smallest absolute Gasteiger partial charge is 0.276 e. The minimum atomic E-state index is -0.308. The first-order chi connectivity index (χ1) is 13.1. The van der Waals surface area contributed by atoms with Gasteiger partial charge >= 0.3 is 0 Å². The van der Waals surface area contributed by atoms with Crippen LogP contribution in [0.4, 0.5) is 0 Å². The number of H-pyrrole nitrogens is 2. The van der Waals surface area contributed by atoms with Crippen LogP contribution in [0.25, 0.3) is 39.5 Å². The highest BCUT2D eigenvalue weighted by Crippen LogP contribution is 2.27. The third-order valence-corrected chi connectivity index (χ3v) is 4.88. The van der Waals surface area contributed by atoms with Gasteiger partial charge in [-0.25, -0.2) is 0 Å². The van der Waals surface area contributed by atoms with Crippen molar-refractivity contribution in [3.05, 3.63) is 62.9 Å². The first kappa shape index (κ1) is 16.0. The summed E-state index contributed by atoms with van der Waals surface area (Å²) in [5.74, 6) is 0.685. The molecule has 3 heterocycles. The summed E-state index contributed by atoms with van der Waals surface area (Å²) < 4.78 is 1.20. The van der Waals surface area contributed by atoms with E-state index >= 15 is 0 Å². The third kappa shape index (κ3) is 2.66. The van der Waals surface area contributed by atoms with Gasteiger partial charge in [-0.15, -0.1) is 10.2 Å². The predicted octanol–water partition coefficient (Wildman–Crippen LogP) is 3.33. The van der Waals surface area contributed by atoms with E-state index in [4.69, 9.17) is 23.2 Å². The number of halogens is 2. The van der Waals surface area contributed by atoms with Gasteiger partial charge in [0, 0.05) is 17.2 Å². The Hall–Kier alpha value is -3.23. The van der Waals surface area contributed by atoms with Gasteiger partial charge in [0.05, 0.1) is 21.3 Å². The fourth-order valence-electron chi connectivity index (χ4n) is 2.81. The Kier molecular flexibility index (Phi) is 3.49. The lowest BCUT2D eigenvalue weighted by Gasteiger charge is -2.01. The van der Waals surface area contributed by atoms with E-state index in [9.17, 15) is 4.79 Å². The van der Waals surface area contributed by atoms with E-state index in [1.165, 1.54) is 10.6 Å². The van der Waals surface area contributed by atoms with Gasteiger partial charge in [-0.05, 0) is 30.3 Å². The van der Waals surface area contributed by atoms with Crippen molar-refractivity contribution in [2.75, 3.05) is 0 Å². The van der Waals surface area contributed by atoms with Crippen LogP contribution >= 0.6 is 23.2 Å². The van der Waals surface area contributed by atoms with Crippen molar-refractivity contribution in [2.45, 2.75) is 0 Å². The molecular weight excluding hydrogens is 389 g/mol. The zero-order valence-corrected chi connectivity index (χ0v) is 15.0. The molecule has 0 aliphatic rings. The molecule has 0 saturated carbocycles. The average Bonchev–Trinajstić information content (AvgIpc) is 3.30. The summed E-state index contributed by atoms with van der Waals surface area (Å²) in [7, 11) is 0. The lowest BCUT2D eigenvalue weighted by Crippen LogP contribution is -2.14. The van der Waals surface area contributed by atoms with Gasteiger partial charge in [0.25, 0.3) is 5.56 Å². The van der Waals surface area contributed by atoms with Crippen molar-refractivity contribution >= 4 is 40.0 Å². The molecule has 0 bridgehead atoms. The van der Waals surface area contributed by atoms with Crippen LogP contribution in [0.5, 0.6) is 0 Å². The lowest BCUT2D eigenvalue weighted by atomic mass is 10.1. The summed E-state index contributed by atoms with van der Waals surface area (Å²) in [4.78, 5) is 20.1. The first-order valence-corrected chi connectivity index (χ1v) is 8.61. The van der Waals surface area contributed by atoms with E-state index in [2.05, 4.69) is 30.5 Å². The number of hydrogen-bond donors (Lipinski definition) is 2. The average molecular weight is 398 g/mol. The summed E-state index contributed by atoms with van der Waals surface area (Å²) in [6.07, 6.45) is 0. The van der Waals surface area contributed by atoms with Gasteiger partial charge in [-0.1, -0.05) is 34.5 Å². The Balaban J connectivity index is 1.66. The predicted molar refractivity (Wildman–Crippen MR) is 102 cm³/mol. The Morgan fingerprint density at radius 3 is 2.67 bits per heavy atom. The molecule has 0 atom stereocenters. The second-order valence-corrected chi connectivity index (χ2v) is 6.68. The van der Waals surface area contributed by atoms with Crippen molar-refractivity contribution in [3.8, 4) is 22.6 Å². The van der Waals surface area contributed by atoms with Crippen LogP contribution < -0.4 is 5.56 Å². The summed E-state index contributed by atoms with van der Waals surface area (Å²) in [6, 6.07) is 12.1. The molecule has 27 heavy (non-hydrogen) atoms. The van der Waals surface area contributed by atoms with Crippen molar-refractivity contribution in [2.24, 2.45) is 0 Å². The first-order valence-electron chi connectivity index (χ1n) is 7.85. The Morgan fingerprint density at radius 2 is 1.81 bits per heavy atom. The Morgan fingerprint density at radius 1 is 0.963 bits per heavy atom. The van der Waals surface area contributed by atoms with E-state index in [1.54, 1.807) is 18.2 Å². The van der Waals surface area contributed by atoms with Crippen LogP contribution in [-0.2, 0) is 0 Å². The van der Waals surface area contributed by atoms with Gasteiger partial charge in [0.15, 0.2) is 5.82 Å². The molecule has 8 nitrogen and oxygen atoms in total. The molecule has 3 aromatic heterocycles. The van der Waals surface area contributed by atoms with E-state index in [0.29, 0.717) is 38.4 Å². The van der Waals surface area contributed by atoms with Gasteiger partial charge < -0.3 is 4.98 Å². The van der Waals surface area contributed by atoms with E-state index in [1.807, 2.05) is 18.2 Å². The van der Waals surface area contributed by atoms with Gasteiger partial charge in [0.2, 0.25) is 5.78 Å². The third-order valence-electron chi connectivity index (χ3n) is 4.14. The molecule has 2 aromatic carbocycles. The molecule has 0 unspecified atom stereocenters. The van der Waals surface area contributed by atoms with E-state index in [-0.39, 0.29) is 5.56 Å². The zero-order chi connectivity index (χ0) is 18.5. The maximum absolute atomic E-state index is 12.5. The topological polar surface area (TPSA) is 105 Å². The molecule has 5 aromatic rings. The fraction of sp³-hybridized carbons (Fsp3) is 0. The molecule has 5 rings (SSSR count). The molecule has 132 valence electrons. The van der Waals surface area contributed by atoms with Crippen LogP contribution in [0.2, 0.25) is 10.0 Å². The number of nitrogens with one attached hydrogen (secondary N) is 2. The minimum absolute atomic E-state index is 0.308. The molecular formula is C17H9Cl2N7O. The number of aromatic nitrogens is 7. The molecule has 0 radical (unpaired) electrons. The van der Waals surface area contributed by atoms with Crippen LogP contribution in [0.15, 0.2) is 47.3 Å². The second-order valence-electron chi connectivity index (χ2n) is 5.86. The highest BCUT2D eigenvalue weighted by molar-refractivity contribution is 6.42. The zero-order valence-electron chi connectivity index (χ0n) is 13.4. The molecule has 0 fully saturated rings. The Labute approximate surface area is 160 Å². The van der Waals surface area contributed by atoms with Gasteiger partial charge in [0.1, 0.15) is 5.52 Å². The normalized spacial score (nSPS) is 11.5. The highest BCUT2D eigenvalue weighted by atomic mass is 35.5. The van der Waals surface area contributed by atoms with E-state index < -0.39 is 0 Å². The van der Waals surface area contributed by atoms with Crippen LogP contribution in [0, 0.1) is 0 Å². The molecule has 0 saturated heterocycles. The maximum Gasteiger partial charge on any atom is 0.276 e. The summed E-state index contributed by atoms with van der Waals surface area (Å²) in [6.45, 7) is 0. The number of aromatic amines is 2. The van der Waals surface area contributed by atoms with Crippen LogP contribution in [0.3, 0.4) is 0 Å². The molecule has 10 heteroatoms. The molecule has 0 aliphatic carbocycles. The molecule has 0 aliphatic heterocycles. The summed E-state index contributed by atoms with van der Waals surface area (Å²) in [5, 5.41) is 15.6. The number of rotatable bonds is 2. The molecule has 2 N–H and O–H groups in total. The number of fused-ring (bicyclic) bond motifs is 2. The number of hydrogen-bond acceptors (Lipinski definition) is 5. The van der Waals surface area contributed by atoms with Crippen LogP contribution in [-0.4, -0.2) is 35.0 Å². The molecule has 0 amide bonds. The number of nitrogens with zero attached hydrogens (tertiary/aromatic N) is 5. The fourth-order valence-corrected chi connectivity index (χ4v) is 3.11. The highest BCUT2D eigenvalue weighted by Gasteiger charge is 2.12. The Bertz CT molecular complexity index is 1390. The minimum Gasteiger partial charge on any atom is -0.323 e. The van der Waals surface area contributed by atoms with Crippen molar-refractivity contribution in [3.63, 3.8) is 0 Å². The van der Waals surface area contributed by atoms with Gasteiger partial charge in [-0.3, -0.25) is 9.89 Å². The van der Waals surface area contributed by atoms with E-state index in [0.717, 1.165) is 11.1 Å².